The number of thiocarbonyl (C=S) groups is 1. The molecule has 128 valence electrons. The fraction of sp³-hybridized carbons (Fsp3) is 0.263. The average Bonchev–Trinajstić information content (AvgIpc) is 3.08. The lowest BCUT2D eigenvalue weighted by Gasteiger charge is -2.33. The van der Waals surface area contributed by atoms with Crippen LogP contribution >= 0.6 is 35.2 Å². The van der Waals surface area contributed by atoms with Crippen LogP contribution in [0.25, 0.3) is 10.2 Å². The number of benzene rings is 2. The van der Waals surface area contributed by atoms with Crippen LogP contribution in [-0.2, 0) is 0 Å². The highest BCUT2D eigenvalue weighted by atomic mass is 35.5. The molecule has 2 aromatic carbocycles. The summed E-state index contributed by atoms with van der Waals surface area (Å²) < 4.78 is 1.28. The number of rotatable bonds is 2. The molecule has 0 spiro atoms. The Balaban J connectivity index is 1.37. The van der Waals surface area contributed by atoms with E-state index in [4.69, 9.17) is 28.8 Å². The third kappa shape index (κ3) is 3.78. The molecule has 1 aliphatic heterocycles. The van der Waals surface area contributed by atoms with Gasteiger partial charge in [-0.2, -0.15) is 0 Å². The number of nitrogens with one attached hydrogen (secondary N) is 1. The zero-order chi connectivity index (χ0) is 17.2. The van der Waals surface area contributed by atoms with Crippen LogP contribution < -0.4 is 5.32 Å². The van der Waals surface area contributed by atoms with Gasteiger partial charge in [0.2, 0.25) is 0 Å². The first kappa shape index (κ1) is 16.8. The van der Waals surface area contributed by atoms with Gasteiger partial charge >= 0.3 is 0 Å². The molecule has 0 bridgehead atoms. The third-order valence-electron chi connectivity index (χ3n) is 4.54. The SMILES string of the molecule is S=C(Nc1ccc(Cl)cc1)N1CCC(c2nc3ccccc3s2)CC1. The van der Waals surface area contributed by atoms with Crippen molar-refractivity contribution in [1.82, 2.24) is 9.88 Å². The molecular formula is C19H18ClN3S2. The molecule has 1 aliphatic rings. The number of fused-ring (bicyclic) bond motifs is 1. The Morgan fingerprint density at radius 2 is 1.84 bits per heavy atom. The van der Waals surface area contributed by atoms with Crippen LogP contribution in [-0.4, -0.2) is 28.1 Å². The zero-order valence-corrected chi connectivity index (χ0v) is 16.0. The predicted octanol–water partition coefficient (Wildman–Crippen LogP) is 5.53. The summed E-state index contributed by atoms with van der Waals surface area (Å²) in [6.07, 6.45) is 2.17. The van der Waals surface area contributed by atoms with Crippen molar-refractivity contribution < 1.29 is 0 Å². The van der Waals surface area contributed by atoms with Gasteiger partial charge in [0.15, 0.2) is 5.11 Å². The van der Waals surface area contributed by atoms with E-state index in [0.29, 0.717) is 5.92 Å². The standard InChI is InChI=1S/C19H18ClN3S2/c20-14-5-7-15(8-6-14)21-19(24)23-11-9-13(10-12-23)18-22-16-3-1-2-4-17(16)25-18/h1-8,13H,9-12H2,(H,21,24). The summed E-state index contributed by atoms with van der Waals surface area (Å²) in [4.78, 5) is 7.07. The second-order valence-electron chi connectivity index (χ2n) is 6.22. The van der Waals surface area contributed by atoms with E-state index in [1.54, 1.807) is 0 Å². The molecule has 1 fully saturated rings. The Kier molecular flexibility index (Phi) is 4.88. The number of thiazole rings is 1. The van der Waals surface area contributed by atoms with Crippen LogP contribution in [0.5, 0.6) is 0 Å². The number of likely N-dealkylation sites (tertiary alicyclic amines) is 1. The maximum absolute atomic E-state index is 5.92. The number of halogens is 1. The molecule has 0 atom stereocenters. The van der Waals surface area contributed by atoms with Crippen LogP contribution in [0.3, 0.4) is 0 Å². The molecule has 6 heteroatoms. The van der Waals surface area contributed by atoms with Gasteiger partial charge in [0.25, 0.3) is 0 Å². The van der Waals surface area contributed by atoms with Gasteiger partial charge in [-0.3, -0.25) is 0 Å². The van der Waals surface area contributed by atoms with Crippen molar-refractivity contribution in [2.75, 3.05) is 18.4 Å². The first-order valence-electron chi connectivity index (χ1n) is 8.36. The molecule has 0 unspecified atom stereocenters. The van der Waals surface area contributed by atoms with E-state index < -0.39 is 0 Å². The summed E-state index contributed by atoms with van der Waals surface area (Å²) in [7, 11) is 0. The molecule has 4 rings (SSSR count). The topological polar surface area (TPSA) is 28.2 Å². The maximum Gasteiger partial charge on any atom is 0.173 e. The first-order valence-corrected chi connectivity index (χ1v) is 9.96. The highest BCUT2D eigenvalue weighted by Gasteiger charge is 2.24. The summed E-state index contributed by atoms with van der Waals surface area (Å²) in [6, 6.07) is 16.0. The Morgan fingerprint density at radius 3 is 2.56 bits per heavy atom. The lowest BCUT2D eigenvalue weighted by Crippen LogP contribution is -2.40. The van der Waals surface area contributed by atoms with Gasteiger partial charge in [-0.05, 0) is 61.5 Å². The molecule has 3 aromatic rings. The minimum absolute atomic E-state index is 0.534. The van der Waals surface area contributed by atoms with Crippen molar-refractivity contribution in [1.29, 1.82) is 0 Å². The Labute approximate surface area is 161 Å². The molecule has 1 N–H and O–H groups in total. The van der Waals surface area contributed by atoms with E-state index in [1.807, 2.05) is 35.6 Å². The van der Waals surface area contributed by atoms with Crippen LogP contribution in [0.4, 0.5) is 5.69 Å². The highest BCUT2D eigenvalue weighted by Crippen LogP contribution is 2.33. The number of anilines is 1. The molecule has 0 amide bonds. The van der Waals surface area contributed by atoms with Crippen LogP contribution in [0.1, 0.15) is 23.8 Å². The Bertz CT molecular complexity index is 850. The number of nitrogens with zero attached hydrogens (tertiary/aromatic N) is 2. The van der Waals surface area contributed by atoms with E-state index in [1.165, 1.54) is 9.71 Å². The van der Waals surface area contributed by atoms with Gasteiger partial charge in [0, 0.05) is 29.7 Å². The number of hydrogen-bond donors (Lipinski definition) is 1. The van der Waals surface area contributed by atoms with E-state index in [-0.39, 0.29) is 0 Å². The lowest BCUT2D eigenvalue weighted by molar-refractivity contribution is 0.316. The summed E-state index contributed by atoms with van der Waals surface area (Å²) in [5.74, 6) is 0.534. The minimum Gasteiger partial charge on any atom is -0.349 e. The summed E-state index contributed by atoms with van der Waals surface area (Å²) >= 11 is 13.3. The summed E-state index contributed by atoms with van der Waals surface area (Å²) in [5, 5.41) is 6.07. The minimum atomic E-state index is 0.534. The molecule has 0 aliphatic carbocycles. The van der Waals surface area contributed by atoms with Gasteiger partial charge in [0.1, 0.15) is 0 Å². The Hall–Kier alpha value is -1.69. The zero-order valence-electron chi connectivity index (χ0n) is 13.6. The van der Waals surface area contributed by atoms with Crippen molar-refractivity contribution in [3.8, 4) is 0 Å². The first-order chi connectivity index (χ1) is 12.2. The molecule has 3 nitrogen and oxygen atoms in total. The number of piperidine rings is 1. The van der Waals surface area contributed by atoms with Crippen LogP contribution in [0.2, 0.25) is 5.02 Å². The average molecular weight is 388 g/mol. The number of hydrogen-bond acceptors (Lipinski definition) is 3. The number of para-hydroxylation sites is 1. The van der Waals surface area contributed by atoms with E-state index >= 15 is 0 Å². The Morgan fingerprint density at radius 1 is 1.12 bits per heavy atom. The van der Waals surface area contributed by atoms with Gasteiger partial charge in [-0.25, -0.2) is 4.98 Å². The fourth-order valence-electron chi connectivity index (χ4n) is 3.13. The van der Waals surface area contributed by atoms with E-state index in [0.717, 1.165) is 47.3 Å². The molecular weight excluding hydrogens is 370 g/mol. The van der Waals surface area contributed by atoms with Gasteiger partial charge < -0.3 is 10.2 Å². The third-order valence-corrected chi connectivity index (χ3v) is 6.35. The molecule has 1 aromatic heterocycles. The van der Waals surface area contributed by atoms with Crippen molar-refractivity contribution in [2.45, 2.75) is 18.8 Å². The smallest absolute Gasteiger partial charge is 0.173 e. The quantitative estimate of drug-likeness (QED) is 0.585. The van der Waals surface area contributed by atoms with Gasteiger partial charge in [-0.1, -0.05) is 23.7 Å². The predicted molar refractivity (Wildman–Crippen MR) is 111 cm³/mol. The molecule has 0 saturated carbocycles. The maximum atomic E-state index is 5.92. The van der Waals surface area contributed by atoms with E-state index in [9.17, 15) is 0 Å². The highest BCUT2D eigenvalue weighted by molar-refractivity contribution is 7.80. The van der Waals surface area contributed by atoms with Crippen molar-refractivity contribution in [2.24, 2.45) is 0 Å². The van der Waals surface area contributed by atoms with Gasteiger partial charge in [-0.15, -0.1) is 11.3 Å². The molecule has 25 heavy (non-hydrogen) atoms. The van der Waals surface area contributed by atoms with Crippen LogP contribution in [0.15, 0.2) is 48.5 Å². The molecule has 0 radical (unpaired) electrons. The second kappa shape index (κ2) is 7.28. The largest absolute Gasteiger partial charge is 0.349 e. The van der Waals surface area contributed by atoms with Crippen molar-refractivity contribution >= 4 is 56.2 Å². The van der Waals surface area contributed by atoms with Crippen LogP contribution in [0, 0.1) is 0 Å². The summed E-state index contributed by atoms with van der Waals surface area (Å²) in [6.45, 7) is 1.92. The number of aromatic nitrogens is 1. The van der Waals surface area contributed by atoms with Gasteiger partial charge in [0.05, 0.1) is 15.2 Å². The molecule has 2 heterocycles. The molecule has 1 saturated heterocycles. The monoisotopic (exact) mass is 387 g/mol. The fourth-order valence-corrected chi connectivity index (χ4v) is 4.69. The summed E-state index contributed by atoms with van der Waals surface area (Å²) in [5.41, 5.74) is 2.09. The normalized spacial score (nSPS) is 15.5. The van der Waals surface area contributed by atoms with Crippen molar-refractivity contribution in [3.05, 3.63) is 58.6 Å². The second-order valence-corrected chi connectivity index (χ2v) is 8.10. The lowest BCUT2D eigenvalue weighted by atomic mass is 9.98. The van der Waals surface area contributed by atoms with E-state index in [2.05, 4.69) is 34.5 Å². The van der Waals surface area contributed by atoms with Crippen molar-refractivity contribution in [3.63, 3.8) is 0 Å².